The predicted molar refractivity (Wildman–Crippen MR) is 80.4 cm³/mol. The number of hydrogen-bond acceptors (Lipinski definition) is 4. The van der Waals surface area contributed by atoms with Crippen LogP contribution in [0.15, 0.2) is 23.1 Å². The highest BCUT2D eigenvalue weighted by Gasteiger charge is 2.15. The molecule has 1 aromatic rings. The second kappa shape index (κ2) is 7.61. The van der Waals surface area contributed by atoms with Gasteiger partial charge in [-0.3, -0.25) is 0 Å². The Bertz CT molecular complexity index is 527. The maximum atomic E-state index is 12.1. The van der Waals surface area contributed by atoms with Crippen LogP contribution in [0.1, 0.15) is 32.8 Å². The third-order valence-electron chi connectivity index (χ3n) is 2.81. The molecule has 0 unspecified atom stereocenters. The number of benzene rings is 1. The fourth-order valence-corrected chi connectivity index (χ4v) is 2.88. The number of methoxy groups -OCH3 is 1. The van der Waals surface area contributed by atoms with Crippen LogP contribution in [0.4, 0.5) is 0 Å². The van der Waals surface area contributed by atoms with E-state index in [2.05, 4.69) is 10.0 Å². The van der Waals surface area contributed by atoms with Crippen molar-refractivity contribution in [1.29, 1.82) is 0 Å². The molecule has 0 heterocycles. The van der Waals surface area contributed by atoms with Crippen molar-refractivity contribution in [3.8, 4) is 5.75 Å². The molecule has 0 aromatic heterocycles. The highest BCUT2D eigenvalue weighted by atomic mass is 32.2. The summed E-state index contributed by atoms with van der Waals surface area (Å²) in [7, 11) is -1.86. The normalized spacial score (nSPS) is 11.8. The van der Waals surface area contributed by atoms with Crippen molar-refractivity contribution in [2.45, 2.75) is 44.7 Å². The first-order valence-corrected chi connectivity index (χ1v) is 8.29. The Morgan fingerprint density at radius 1 is 1.30 bits per heavy atom. The van der Waals surface area contributed by atoms with Crippen LogP contribution in [-0.2, 0) is 16.6 Å². The molecule has 5 nitrogen and oxygen atoms in total. The molecular formula is C14H24N2O3S. The summed E-state index contributed by atoms with van der Waals surface area (Å²) in [6.45, 7) is 7.01. The zero-order valence-corrected chi connectivity index (χ0v) is 13.4. The van der Waals surface area contributed by atoms with Gasteiger partial charge in [0.25, 0.3) is 0 Å². The highest BCUT2D eigenvalue weighted by molar-refractivity contribution is 7.89. The van der Waals surface area contributed by atoms with Gasteiger partial charge in [0.1, 0.15) is 5.75 Å². The second-order valence-corrected chi connectivity index (χ2v) is 6.67. The fraction of sp³-hybridized carbons (Fsp3) is 0.571. The lowest BCUT2D eigenvalue weighted by molar-refractivity contribution is 0.406. The number of rotatable bonds is 8. The molecule has 0 aliphatic rings. The van der Waals surface area contributed by atoms with Gasteiger partial charge in [0.2, 0.25) is 10.0 Å². The van der Waals surface area contributed by atoms with Crippen molar-refractivity contribution in [2.24, 2.45) is 0 Å². The molecule has 0 aliphatic carbocycles. The predicted octanol–water partition coefficient (Wildman–Crippen LogP) is 1.88. The molecule has 1 rings (SSSR count). The number of sulfonamides is 1. The molecule has 0 bridgehead atoms. The van der Waals surface area contributed by atoms with Crippen LogP contribution in [0.25, 0.3) is 0 Å². The zero-order valence-electron chi connectivity index (χ0n) is 12.6. The van der Waals surface area contributed by atoms with E-state index >= 15 is 0 Å². The van der Waals surface area contributed by atoms with E-state index < -0.39 is 10.0 Å². The first kappa shape index (κ1) is 16.9. The van der Waals surface area contributed by atoms with Gasteiger partial charge < -0.3 is 10.1 Å². The van der Waals surface area contributed by atoms with Gasteiger partial charge >= 0.3 is 0 Å². The van der Waals surface area contributed by atoms with E-state index in [-0.39, 0.29) is 4.90 Å². The van der Waals surface area contributed by atoms with Crippen molar-refractivity contribution in [3.05, 3.63) is 23.8 Å². The maximum Gasteiger partial charge on any atom is 0.240 e. The van der Waals surface area contributed by atoms with Crippen LogP contribution in [-0.4, -0.2) is 28.1 Å². The van der Waals surface area contributed by atoms with E-state index in [1.165, 1.54) is 0 Å². The molecule has 0 fully saturated rings. The molecule has 0 saturated carbocycles. The largest absolute Gasteiger partial charge is 0.496 e. The van der Waals surface area contributed by atoms with E-state index in [9.17, 15) is 8.42 Å². The molecule has 0 amide bonds. The van der Waals surface area contributed by atoms with Crippen LogP contribution >= 0.6 is 0 Å². The fourth-order valence-electron chi connectivity index (χ4n) is 1.69. The van der Waals surface area contributed by atoms with Crippen molar-refractivity contribution < 1.29 is 13.2 Å². The van der Waals surface area contributed by atoms with Gasteiger partial charge in [-0.2, -0.15) is 0 Å². The third kappa shape index (κ3) is 4.77. The standard InChI is InChI=1S/C14H24N2O3S/c1-5-8-16-20(17,18)13-6-7-14(19-4)12(9-13)10-15-11(2)3/h6-7,9,11,15-16H,5,8,10H2,1-4H3. The van der Waals surface area contributed by atoms with Crippen molar-refractivity contribution in [2.75, 3.05) is 13.7 Å². The van der Waals surface area contributed by atoms with E-state index in [1.807, 2.05) is 20.8 Å². The molecule has 2 N–H and O–H groups in total. The number of hydrogen-bond donors (Lipinski definition) is 2. The summed E-state index contributed by atoms with van der Waals surface area (Å²) in [5.74, 6) is 0.688. The lowest BCUT2D eigenvalue weighted by Crippen LogP contribution is -2.25. The molecule has 0 spiro atoms. The summed E-state index contributed by atoms with van der Waals surface area (Å²) in [5.41, 5.74) is 0.834. The Kier molecular flexibility index (Phi) is 6.45. The molecule has 6 heteroatoms. The Hall–Kier alpha value is -1.11. The topological polar surface area (TPSA) is 67.4 Å². The lowest BCUT2D eigenvalue weighted by atomic mass is 10.2. The van der Waals surface area contributed by atoms with Crippen LogP contribution in [0.3, 0.4) is 0 Å². The van der Waals surface area contributed by atoms with Gasteiger partial charge in [0.05, 0.1) is 12.0 Å². The van der Waals surface area contributed by atoms with Gasteiger partial charge in [-0.05, 0) is 24.6 Å². The van der Waals surface area contributed by atoms with E-state index in [4.69, 9.17) is 4.74 Å². The molecule has 114 valence electrons. The van der Waals surface area contributed by atoms with Crippen LogP contribution in [0.5, 0.6) is 5.75 Å². The monoisotopic (exact) mass is 300 g/mol. The quantitative estimate of drug-likeness (QED) is 0.769. The summed E-state index contributed by atoms with van der Waals surface area (Å²) in [4.78, 5) is 0.271. The molecule has 0 radical (unpaired) electrons. The van der Waals surface area contributed by atoms with E-state index in [0.717, 1.165) is 12.0 Å². The second-order valence-electron chi connectivity index (χ2n) is 4.91. The number of ether oxygens (including phenoxy) is 1. The molecule has 0 atom stereocenters. The van der Waals surface area contributed by atoms with Gasteiger partial charge in [-0.25, -0.2) is 13.1 Å². The summed E-state index contributed by atoms with van der Waals surface area (Å²) in [6.07, 6.45) is 0.761. The van der Waals surface area contributed by atoms with Gasteiger partial charge in [0, 0.05) is 24.7 Å². The highest BCUT2D eigenvalue weighted by Crippen LogP contribution is 2.22. The Morgan fingerprint density at radius 2 is 2.00 bits per heavy atom. The summed E-state index contributed by atoms with van der Waals surface area (Å²) in [6, 6.07) is 5.23. The lowest BCUT2D eigenvalue weighted by Gasteiger charge is -2.14. The minimum atomic E-state index is -3.44. The Morgan fingerprint density at radius 3 is 2.55 bits per heavy atom. The zero-order chi connectivity index (χ0) is 15.2. The van der Waals surface area contributed by atoms with Gasteiger partial charge in [0.15, 0.2) is 0 Å². The summed E-state index contributed by atoms with van der Waals surface area (Å²) in [5, 5.41) is 3.26. The van der Waals surface area contributed by atoms with E-state index in [0.29, 0.717) is 24.9 Å². The third-order valence-corrected chi connectivity index (χ3v) is 4.26. The average Bonchev–Trinajstić information content (AvgIpc) is 2.42. The molecule has 1 aromatic carbocycles. The SMILES string of the molecule is CCCNS(=O)(=O)c1ccc(OC)c(CNC(C)C)c1. The van der Waals surface area contributed by atoms with Crippen molar-refractivity contribution in [3.63, 3.8) is 0 Å². The minimum absolute atomic E-state index is 0.271. The van der Waals surface area contributed by atoms with Crippen LogP contribution < -0.4 is 14.8 Å². The smallest absolute Gasteiger partial charge is 0.240 e. The average molecular weight is 300 g/mol. The summed E-state index contributed by atoms with van der Waals surface area (Å²) >= 11 is 0. The van der Waals surface area contributed by atoms with Gasteiger partial charge in [-0.15, -0.1) is 0 Å². The van der Waals surface area contributed by atoms with E-state index in [1.54, 1.807) is 25.3 Å². The maximum absolute atomic E-state index is 12.1. The minimum Gasteiger partial charge on any atom is -0.496 e. The van der Waals surface area contributed by atoms with Crippen molar-refractivity contribution >= 4 is 10.0 Å². The first-order valence-electron chi connectivity index (χ1n) is 6.80. The number of nitrogens with one attached hydrogen (secondary N) is 2. The Labute approximate surface area is 121 Å². The van der Waals surface area contributed by atoms with Gasteiger partial charge in [-0.1, -0.05) is 20.8 Å². The summed E-state index contributed by atoms with van der Waals surface area (Å²) < 4.78 is 32.1. The van der Waals surface area contributed by atoms with Crippen molar-refractivity contribution in [1.82, 2.24) is 10.0 Å². The van der Waals surface area contributed by atoms with Crippen LogP contribution in [0.2, 0.25) is 0 Å². The Balaban J connectivity index is 3.02. The molecule has 0 aliphatic heterocycles. The van der Waals surface area contributed by atoms with Crippen LogP contribution in [0, 0.1) is 0 Å². The first-order chi connectivity index (χ1) is 9.40. The molecule has 0 saturated heterocycles. The molecular weight excluding hydrogens is 276 g/mol. The molecule has 20 heavy (non-hydrogen) atoms.